The number of nitrogens with zero attached hydrogens (tertiary/aromatic N) is 6. The van der Waals surface area contributed by atoms with Crippen molar-refractivity contribution in [2.45, 2.75) is 25.4 Å². The van der Waals surface area contributed by atoms with Crippen molar-refractivity contribution in [3.05, 3.63) is 17.6 Å². The highest BCUT2D eigenvalue weighted by molar-refractivity contribution is 5.63. The number of aromatic nitrogens is 5. The number of nitriles is 1. The normalized spacial score (nSPS) is 15.5. The number of H-pyrrole nitrogens is 1. The monoisotopic (exact) mass is 323 g/mol. The molecule has 10 heteroatoms. The van der Waals surface area contributed by atoms with E-state index < -0.39 is 12.0 Å². The molecule has 0 amide bonds. The van der Waals surface area contributed by atoms with Crippen LogP contribution in [0.5, 0.6) is 0 Å². The maximum absolute atomic E-state index is 13.1. The summed E-state index contributed by atoms with van der Waals surface area (Å²) in [4.78, 5) is 8.94. The fourth-order valence-corrected chi connectivity index (χ4v) is 2.45. The van der Waals surface area contributed by atoms with Gasteiger partial charge in [0.25, 0.3) is 0 Å². The predicted molar refractivity (Wildman–Crippen MR) is 73.2 cm³/mol. The van der Waals surface area contributed by atoms with Gasteiger partial charge in [-0.1, -0.05) is 0 Å². The number of rotatable bonds is 2. The van der Waals surface area contributed by atoms with Crippen LogP contribution in [0.4, 0.5) is 19.0 Å². The largest absolute Gasteiger partial charge is 0.451 e. The third kappa shape index (κ3) is 3.08. The van der Waals surface area contributed by atoms with E-state index in [9.17, 15) is 13.2 Å². The van der Waals surface area contributed by atoms with E-state index in [0.29, 0.717) is 13.1 Å². The van der Waals surface area contributed by atoms with Crippen LogP contribution in [0.3, 0.4) is 0 Å². The van der Waals surface area contributed by atoms with Crippen molar-refractivity contribution in [1.82, 2.24) is 25.4 Å². The van der Waals surface area contributed by atoms with Crippen LogP contribution in [0.2, 0.25) is 0 Å². The third-order valence-electron chi connectivity index (χ3n) is 3.54. The average molecular weight is 323 g/mol. The minimum absolute atomic E-state index is 0.0151. The lowest BCUT2D eigenvalue weighted by atomic mass is 10.1. The molecule has 0 bridgehead atoms. The molecule has 23 heavy (non-hydrogen) atoms. The molecule has 2 aromatic heterocycles. The molecule has 0 spiro atoms. The molecule has 0 aromatic carbocycles. The number of nitrogens with one attached hydrogen (secondary N) is 1. The summed E-state index contributed by atoms with van der Waals surface area (Å²) in [6, 6.07) is 3.19. The standard InChI is InChI=1S/C13H12F3N7/c14-13(15,16)12-18-8(11-9(7-17)20-22-21-11)6-10(19-12)23-4-2-1-3-5-23/h6H,1-5H2,(H,20,21,22). The first-order valence-electron chi connectivity index (χ1n) is 7.01. The number of halogens is 3. The molecule has 1 aliphatic rings. The number of anilines is 1. The highest BCUT2D eigenvalue weighted by Crippen LogP contribution is 2.31. The predicted octanol–water partition coefficient (Wildman–Crippen LogP) is 2.14. The van der Waals surface area contributed by atoms with Crippen molar-refractivity contribution in [3.8, 4) is 17.5 Å². The van der Waals surface area contributed by atoms with Crippen LogP contribution in [-0.2, 0) is 6.18 Å². The van der Waals surface area contributed by atoms with Gasteiger partial charge in [-0.3, -0.25) is 0 Å². The van der Waals surface area contributed by atoms with Crippen LogP contribution < -0.4 is 4.90 Å². The van der Waals surface area contributed by atoms with E-state index in [1.54, 1.807) is 11.0 Å². The first-order valence-corrected chi connectivity index (χ1v) is 7.01. The molecule has 1 saturated heterocycles. The maximum Gasteiger partial charge on any atom is 0.451 e. The lowest BCUT2D eigenvalue weighted by Crippen LogP contribution is -2.31. The van der Waals surface area contributed by atoms with Crippen LogP contribution >= 0.6 is 0 Å². The molecule has 0 aliphatic carbocycles. The molecule has 0 radical (unpaired) electrons. The minimum Gasteiger partial charge on any atom is -0.356 e. The third-order valence-corrected chi connectivity index (χ3v) is 3.54. The second kappa shape index (κ2) is 5.83. The quantitative estimate of drug-likeness (QED) is 0.910. The lowest BCUT2D eigenvalue weighted by Gasteiger charge is -2.28. The van der Waals surface area contributed by atoms with E-state index in [4.69, 9.17) is 5.26 Å². The van der Waals surface area contributed by atoms with E-state index in [0.717, 1.165) is 19.3 Å². The summed E-state index contributed by atoms with van der Waals surface area (Å²) in [6.45, 7) is 1.27. The number of hydrogen-bond acceptors (Lipinski definition) is 6. The van der Waals surface area contributed by atoms with Gasteiger partial charge in [-0.15, -0.1) is 5.10 Å². The van der Waals surface area contributed by atoms with Gasteiger partial charge in [-0.2, -0.15) is 28.7 Å². The summed E-state index contributed by atoms with van der Waals surface area (Å²) in [7, 11) is 0. The fraction of sp³-hybridized carbons (Fsp3) is 0.462. The maximum atomic E-state index is 13.1. The van der Waals surface area contributed by atoms with Gasteiger partial charge in [0.1, 0.15) is 17.6 Å². The first kappa shape index (κ1) is 15.2. The second-order valence-corrected chi connectivity index (χ2v) is 5.11. The fourth-order valence-electron chi connectivity index (χ4n) is 2.45. The van der Waals surface area contributed by atoms with Crippen molar-refractivity contribution in [3.63, 3.8) is 0 Å². The Morgan fingerprint density at radius 2 is 1.87 bits per heavy atom. The zero-order valence-corrected chi connectivity index (χ0v) is 11.9. The second-order valence-electron chi connectivity index (χ2n) is 5.11. The molecular weight excluding hydrogens is 311 g/mol. The van der Waals surface area contributed by atoms with Gasteiger partial charge in [0, 0.05) is 19.2 Å². The van der Waals surface area contributed by atoms with Gasteiger partial charge in [0.2, 0.25) is 5.82 Å². The molecule has 0 unspecified atom stereocenters. The Morgan fingerprint density at radius 1 is 1.13 bits per heavy atom. The van der Waals surface area contributed by atoms with Gasteiger partial charge >= 0.3 is 6.18 Å². The molecule has 0 atom stereocenters. The molecule has 0 saturated carbocycles. The Morgan fingerprint density at radius 3 is 2.52 bits per heavy atom. The SMILES string of the molecule is N#Cc1n[nH]nc1-c1cc(N2CCCCC2)nc(C(F)(F)F)n1. The number of aromatic amines is 1. The molecule has 7 nitrogen and oxygen atoms in total. The summed E-state index contributed by atoms with van der Waals surface area (Å²) in [5.74, 6) is -1.06. The van der Waals surface area contributed by atoms with Crippen molar-refractivity contribution in [2.24, 2.45) is 0 Å². The van der Waals surface area contributed by atoms with E-state index in [1.807, 2.05) is 0 Å². The van der Waals surface area contributed by atoms with E-state index in [1.165, 1.54) is 6.07 Å². The highest BCUT2D eigenvalue weighted by atomic mass is 19.4. The molecule has 120 valence electrons. The van der Waals surface area contributed by atoms with Crippen LogP contribution in [0.25, 0.3) is 11.4 Å². The summed E-state index contributed by atoms with van der Waals surface area (Å²) in [5, 5.41) is 18.5. The zero-order chi connectivity index (χ0) is 16.4. The Labute approximate surface area is 129 Å². The molecule has 3 heterocycles. The van der Waals surface area contributed by atoms with Crippen LogP contribution in [-0.4, -0.2) is 38.5 Å². The first-order chi connectivity index (χ1) is 11.0. The number of hydrogen-bond donors (Lipinski definition) is 1. The van der Waals surface area contributed by atoms with Gasteiger partial charge in [-0.25, -0.2) is 9.97 Å². The zero-order valence-electron chi connectivity index (χ0n) is 11.9. The Bertz CT molecular complexity index is 741. The lowest BCUT2D eigenvalue weighted by molar-refractivity contribution is -0.144. The van der Waals surface area contributed by atoms with E-state index in [2.05, 4.69) is 25.4 Å². The molecule has 3 rings (SSSR count). The summed E-state index contributed by atoms with van der Waals surface area (Å²) in [6.07, 6.45) is -1.85. The van der Waals surface area contributed by atoms with Crippen molar-refractivity contribution < 1.29 is 13.2 Å². The highest BCUT2D eigenvalue weighted by Gasteiger charge is 2.36. The smallest absolute Gasteiger partial charge is 0.356 e. The van der Waals surface area contributed by atoms with Crippen molar-refractivity contribution in [1.29, 1.82) is 5.26 Å². The molecule has 1 N–H and O–H groups in total. The van der Waals surface area contributed by atoms with Crippen molar-refractivity contribution in [2.75, 3.05) is 18.0 Å². The molecule has 1 aliphatic heterocycles. The van der Waals surface area contributed by atoms with Crippen LogP contribution in [0.1, 0.15) is 30.8 Å². The average Bonchev–Trinajstić information content (AvgIpc) is 3.03. The molecule has 1 fully saturated rings. The van der Waals surface area contributed by atoms with E-state index >= 15 is 0 Å². The van der Waals surface area contributed by atoms with Gasteiger partial charge in [0.05, 0.1) is 5.69 Å². The molecular formula is C13H12F3N7. The summed E-state index contributed by atoms with van der Waals surface area (Å²) < 4.78 is 39.3. The summed E-state index contributed by atoms with van der Waals surface area (Å²) in [5.41, 5.74) is -0.196. The van der Waals surface area contributed by atoms with Gasteiger partial charge in [-0.05, 0) is 19.3 Å². The Balaban J connectivity index is 2.10. The van der Waals surface area contributed by atoms with Gasteiger partial charge in [0.15, 0.2) is 5.69 Å². The number of piperidine rings is 1. The summed E-state index contributed by atoms with van der Waals surface area (Å²) >= 11 is 0. The van der Waals surface area contributed by atoms with Crippen LogP contribution in [0, 0.1) is 11.3 Å². The molecule has 2 aromatic rings. The van der Waals surface area contributed by atoms with Crippen LogP contribution in [0.15, 0.2) is 6.07 Å². The van der Waals surface area contributed by atoms with Gasteiger partial charge < -0.3 is 4.90 Å². The van der Waals surface area contributed by atoms with Crippen molar-refractivity contribution >= 4 is 5.82 Å². The number of alkyl halides is 3. The Kier molecular flexibility index (Phi) is 3.85. The Hall–Kier alpha value is -2.70. The minimum atomic E-state index is -4.68. The van der Waals surface area contributed by atoms with E-state index in [-0.39, 0.29) is 22.9 Å². The topological polar surface area (TPSA) is 94.4 Å².